The van der Waals surface area contributed by atoms with Crippen molar-refractivity contribution in [1.82, 2.24) is 4.98 Å². The van der Waals surface area contributed by atoms with E-state index in [1.165, 1.54) is 37.8 Å². The van der Waals surface area contributed by atoms with Gasteiger partial charge < -0.3 is 0 Å². The highest BCUT2D eigenvalue weighted by Gasteiger charge is 2.13. The molecule has 1 aromatic rings. The molecule has 0 saturated heterocycles. The van der Waals surface area contributed by atoms with Crippen LogP contribution in [0.25, 0.3) is 0 Å². The molecule has 1 fully saturated rings. The number of hydrogen-bond acceptors (Lipinski definition) is 2. The molecule has 0 amide bonds. The Balaban J connectivity index is 0.00000112. The fourth-order valence-corrected chi connectivity index (χ4v) is 3.16. The molecule has 0 aromatic carbocycles. The number of halogens is 1. The Bertz CT molecular complexity index is 260. The Kier molecular flexibility index (Phi) is 6.11. The molecule has 1 aliphatic rings. The predicted octanol–water partition coefficient (Wildman–Crippen LogP) is 4.07. The maximum absolute atomic E-state index is 4.34. The molecule has 1 nitrogen and oxygen atoms in total. The van der Waals surface area contributed by atoms with E-state index < -0.39 is 0 Å². The molecule has 0 unspecified atom stereocenters. The lowest BCUT2D eigenvalue weighted by Gasteiger charge is -2.20. The van der Waals surface area contributed by atoms with E-state index in [2.05, 4.69) is 28.9 Å². The van der Waals surface area contributed by atoms with Gasteiger partial charge in [-0.2, -0.15) is 11.8 Å². The van der Waals surface area contributed by atoms with Crippen LogP contribution in [0.1, 0.15) is 37.8 Å². The van der Waals surface area contributed by atoms with E-state index in [-0.39, 0.29) is 12.4 Å². The van der Waals surface area contributed by atoms with Crippen LogP contribution in [-0.2, 0) is 5.75 Å². The van der Waals surface area contributed by atoms with E-state index in [1.54, 1.807) is 0 Å². The minimum Gasteiger partial charge on any atom is -0.260 e. The largest absolute Gasteiger partial charge is 0.260 e. The minimum absolute atomic E-state index is 0. The maximum Gasteiger partial charge on any atom is 0.0502 e. The van der Waals surface area contributed by atoms with Crippen molar-refractivity contribution in [3.63, 3.8) is 0 Å². The fourth-order valence-electron chi connectivity index (χ4n) is 1.92. The van der Waals surface area contributed by atoms with Gasteiger partial charge in [0.05, 0.1) is 5.69 Å². The van der Waals surface area contributed by atoms with Gasteiger partial charge in [-0.25, -0.2) is 0 Å². The summed E-state index contributed by atoms with van der Waals surface area (Å²) >= 11 is 2.09. The molecule has 1 heterocycles. The van der Waals surface area contributed by atoms with E-state index >= 15 is 0 Å². The van der Waals surface area contributed by atoms with E-state index in [1.807, 2.05) is 12.3 Å². The zero-order chi connectivity index (χ0) is 9.64. The average Bonchev–Trinajstić information content (AvgIpc) is 2.29. The van der Waals surface area contributed by atoms with Gasteiger partial charge in [0.2, 0.25) is 0 Å². The number of thioether (sulfide) groups is 1. The third kappa shape index (κ3) is 4.43. The van der Waals surface area contributed by atoms with E-state index in [9.17, 15) is 0 Å². The Morgan fingerprint density at radius 1 is 1.20 bits per heavy atom. The van der Waals surface area contributed by atoms with Crippen LogP contribution in [0.3, 0.4) is 0 Å². The van der Waals surface area contributed by atoms with Crippen LogP contribution in [0.2, 0.25) is 0 Å². The summed E-state index contributed by atoms with van der Waals surface area (Å²) in [7, 11) is 0. The van der Waals surface area contributed by atoms with Crippen molar-refractivity contribution in [2.24, 2.45) is 0 Å². The molecule has 1 aliphatic carbocycles. The van der Waals surface area contributed by atoms with Gasteiger partial charge in [-0.15, -0.1) is 12.4 Å². The number of nitrogens with zero attached hydrogens (tertiary/aromatic N) is 1. The second-order valence-electron chi connectivity index (χ2n) is 3.89. The molecule has 0 aliphatic heterocycles. The van der Waals surface area contributed by atoms with Crippen molar-refractivity contribution in [2.45, 2.75) is 43.1 Å². The van der Waals surface area contributed by atoms with Crippen LogP contribution in [0.5, 0.6) is 0 Å². The van der Waals surface area contributed by atoms with Crippen molar-refractivity contribution in [3.05, 3.63) is 30.1 Å². The molecule has 1 aromatic heterocycles. The minimum atomic E-state index is 0. The highest BCUT2D eigenvalue weighted by Crippen LogP contribution is 2.29. The normalized spacial score (nSPS) is 17.1. The average molecular weight is 244 g/mol. The van der Waals surface area contributed by atoms with Crippen molar-refractivity contribution in [2.75, 3.05) is 0 Å². The first-order valence-electron chi connectivity index (χ1n) is 5.46. The lowest BCUT2D eigenvalue weighted by atomic mass is 10.0. The summed E-state index contributed by atoms with van der Waals surface area (Å²) in [5, 5.41) is 0.894. The zero-order valence-electron chi connectivity index (χ0n) is 8.89. The topological polar surface area (TPSA) is 12.9 Å². The molecular weight excluding hydrogens is 226 g/mol. The molecule has 2 rings (SSSR count). The van der Waals surface area contributed by atoms with Crippen molar-refractivity contribution in [3.8, 4) is 0 Å². The molecule has 0 radical (unpaired) electrons. The molecule has 0 atom stereocenters. The Hall–Kier alpha value is -0.210. The van der Waals surface area contributed by atoms with Crippen LogP contribution in [0.15, 0.2) is 24.4 Å². The predicted molar refractivity (Wildman–Crippen MR) is 69.7 cm³/mol. The first-order valence-corrected chi connectivity index (χ1v) is 6.51. The van der Waals surface area contributed by atoms with Gasteiger partial charge >= 0.3 is 0 Å². The first-order chi connectivity index (χ1) is 6.95. The smallest absolute Gasteiger partial charge is 0.0502 e. The fraction of sp³-hybridized carbons (Fsp3) is 0.583. The molecular formula is C12H18ClNS. The third-order valence-corrected chi connectivity index (χ3v) is 4.15. The van der Waals surface area contributed by atoms with Crippen molar-refractivity contribution >= 4 is 24.2 Å². The van der Waals surface area contributed by atoms with Crippen LogP contribution < -0.4 is 0 Å². The first kappa shape index (κ1) is 12.9. The number of pyridine rings is 1. The Labute approximate surface area is 102 Å². The molecule has 0 bridgehead atoms. The summed E-state index contributed by atoms with van der Waals surface area (Å²) in [6.07, 6.45) is 9.02. The summed E-state index contributed by atoms with van der Waals surface area (Å²) in [5.74, 6) is 1.09. The summed E-state index contributed by atoms with van der Waals surface area (Å²) in [5.41, 5.74) is 1.23. The Morgan fingerprint density at radius 2 is 2.00 bits per heavy atom. The van der Waals surface area contributed by atoms with E-state index in [4.69, 9.17) is 0 Å². The van der Waals surface area contributed by atoms with Gasteiger partial charge in [0.25, 0.3) is 0 Å². The summed E-state index contributed by atoms with van der Waals surface area (Å²) < 4.78 is 0. The summed E-state index contributed by atoms with van der Waals surface area (Å²) in [4.78, 5) is 4.34. The second kappa shape index (κ2) is 7.13. The number of hydrogen-bond donors (Lipinski definition) is 0. The summed E-state index contributed by atoms with van der Waals surface area (Å²) in [6, 6.07) is 6.17. The van der Waals surface area contributed by atoms with Gasteiger partial charge in [0.1, 0.15) is 0 Å². The standard InChI is InChI=1S/C12H17NS.ClH/c1-2-7-12(8-3-1)14-10-11-6-4-5-9-13-11;/h4-6,9,12H,1-3,7-8,10H2;1H. The number of aromatic nitrogens is 1. The molecule has 84 valence electrons. The summed E-state index contributed by atoms with van der Waals surface area (Å²) in [6.45, 7) is 0. The zero-order valence-corrected chi connectivity index (χ0v) is 10.5. The second-order valence-corrected chi connectivity index (χ2v) is 5.18. The van der Waals surface area contributed by atoms with Gasteiger partial charge in [-0.1, -0.05) is 25.3 Å². The molecule has 0 spiro atoms. The van der Waals surface area contributed by atoms with Gasteiger partial charge in [0.15, 0.2) is 0 Å². The number of rotatable bonds is 3. The van der Waals surface area contributed by atoms with Gasteiger partial charge in [0, 0.05) is 17.2 Å². The SMILES string of the molecule is Cl.c1ccc(CSC2CCCCC2)nc1. The van der Waals surface area contributed by atoms with Crippen LogP contribution >= 0.6 is 24.2 Å². The van der Waals surface area contributed by atoms with Crippen LogP contribution in [0.4, 0.5) is 0 Å². The van der Waals surface area contributed by atoms with Gasteiger partial charge in [-0.05, 0) is 25.0 Å². The third-order valence-electron chi connectivity index (χ3n) is 2.75. The lowest BCUT2D eigenvalue weighted by molar-refractivity contribution is 0.516. The van der Waals surface area contributed by atoms with E-state index in [0.29, 0.717) is 0 Å². The molecule has 3 heteroatoms. The van der Waals surface area contributed by atoms with Gasteiger partial charge in [-0.3, -0.25) is 4.98 Å². The van der Waals surface area contributed by atoms with Crippen molar-refractivity contribution in [1.29, 1.82) is 0 Å². The lowest BCUT2D eigenvalue weighted by Crippen LogP contribution is -2.08. The maximum atomic E-state index is 4.34. The van der Waals surface area contributed by atoms with Crippen molar-refractivity contribution < 1.29 is 0 Å². The van der Waals surface area contributed by atoms with Crippen LogP contribution in [-0.4, -0.2) is 10.2 Å². The monoisotopic (exact) mass is 243 g/mol. The molecule has 0 N–H and O–H groups in total. The molecule has 15 heavy (non-hydrogen) atoms. The van der Waals surface area contributed by atoms with Crippen LogP contribution in [0, 0.1) is 0 Å². The Morgan fingerprint density at radius 3 is 2.67 bits per heavy atom. The highest BCUT2D eigenvalue weighted by molar-refractivity contribution is 7.99. The molecule has 1 saturated carbocycles. The van der Waals surface area contributed by atoms with E-state index in [0.717, 1.165) is 11.0 Å². The quantitative estimate of drug-likeness (QED) is 0.794. The highest BCUT2D eigenvalue weighted by atomic mass is 35.5.